The second-order valence-corrected chi connectivity index (χ2v) is 10.0. The number of anilines is 1. The van der Waals surface area contributed by atoms with Crippen LogP contribution in [0.5, 0.6) is 0 Å². The molecule has 0 fully saturated rings. The van der Waals surface area contributed by atoms with E-state index in [1.165, 1.54) is 17.2 Å². The van der Waals surface area contributed by atoms with Crippen molar-refractivity contribution in [2.45, 2.75) is 20.4 Å². The van der Waals surface area contributed by atoms with E-state index in [1.54, 1.807) is 31.3 Å². The van der Waals surface area contributed by atoms with Crippen molar-refractivity contribution in [1.82, 2.24) is 19.8 Å². The summed E-state index contributed by atoms with van der Waals surface area (Å²) in [6.07, 6.45) is 4.03. The van der Waals surface area contributed by atoms with E-state index in [0.717, 1.165) is 40.1 Å². The van der Waals surface area contributed by atoms with Gasteiger partial charge < -0.3 is 14.8 Å². The van der Waals surface area contributed by atoms with Gasteiger partial charge >= 0.3 is 0 Å². The molecule has 0 unspecified atom stereocenters. The maximum absolute atomic E-state index is 14.2. The van der Waals surface area contributed by atoms with Crippen LogP contribution in [0.25, 0.3) is 27.7 Å². The molecule has 3 aromatic rings. The molecule has 0 bridgehead atoms. The van der Waals surface area contributed by atoms with E-state index in [1.807, 2.05) is 19.2 Å². The van der Waals surface area contributed by atoms with E-state index in [0.29, 0.717) is 19.6 Å². The van der Waals surface area contributed by atoms with Crippen LogP contribution in [0, 0.1) is 11.2 Å². The number of nitrogens with zero attached hydrogens (tertiary/aromatic N) is 4. The standard InChI is InChI=1S/C26H30FN5O/c1-26(2)15-32(14-22(33)30(3)4)11-9-20(26)24-19-13-31(5)21-7-6-16(27)12-18(21)17-8-10-28-25(29-24)23(17)19/h6-10,12H,11,13-15H2,1-5H3,(H,28,29). The van der Waals surface area contributed by atoms with Crippen molar-refractivity contribution in [2.75, 3.05) is 45.7 Å². The number of fused-ring (bicyclic) bond motifs is 2. The number of likely N-dealkylation sites (N-methyl/N-ethyl adjacent to an activating group) is 1. The zero-order valence-electron chi connectivity index (χ0n) is 19.9. The molecule has 0 atom stereocenters. The number of aromatic amines is 1. The summed E-state index contributed by atoms with van der Waals surface area (Å²) in [5, 5.41) is 1.06. The molecule has 6 nitrogen and oxygen atoms in total. The second kappa shape index (κ2) is 7.70. The van der Waals surface area contributed by atoms with Gasteiger partial charge in [0, 0.05) is 80.3 Å². The topological polar surface area (TPSA) is 55.5 Å². The van der Waals surface area contributed by atoms with Crippen LogP contribution in [0.15, 0.2) is 36.5 Å². The zero-order chi connectivity index (χ0) is 23.5. The molecule has 1 aromatic carbocycles. The number of carbonyl (C=O) groups excluding carboxylic acids is 1. The first-order valence-corrected chi connectivity index (χ1v) is 11.3. The maximum atomic E-state index is 14.2. The van der Waals surface area contributed by atoms with Gasteiger partial charge in [0.1, 0.15) is 11.5 Å². The number of benzene rings is 1. The first kappa shape index (κ1) is 21.6. The molecule has 0 aliphatic carbocycles. The number of amides is 1. The van der Waals surface area contributed by atoms with Crippen LogP contribution >= 0.6 is 0 Å². The molecule has 2 aromatic heterocycles. The molecule has 1 amide bonds. The van der Waals surface area contributed by atoms with Gasteiger partial charge in [0.15, 0.2) is 0 Å². The van der Waals surface area contributed by atoms with Crippen molar-refractivity contribution in [1.29, 1.82) is 0 Å². The van der Waals surface area contributed by atoms with Gasteiger partial charge in [0.2, 0.25) is 5.91 Å². The summed E-state index contributed by atoms with van der Waals surface area (Å²) < 4.78 is 14.2. The van der Waals surface area contributed by atoms with E-state index < -0.39 is 0 Å². The third-order valence-electron chi connectivity index (χ3n) is 6.88. The van der Waals surface area contributed by atoms with Crippen molar-refractivity contribution in [3.8, 4) is 11.1 Å². The third kappa shape index (κ3) is 3.60. The summed E-state index contributed by atoms with van der Waals surface area (Å²) in [6, 6.07) is 6.98. The van der Waals surface area contributed by atoms with Crippen LogP contribution in [-0.4, -0.2) is 66.5 Å². The number of aromatic nitrogens is 2. The van der Waals surface area contributed by atoms with E-state index in [4.69, 9.17) is 0 Å². The van der Waals surface area contributed by atoms with Gasteiger partial charge in [-0.25, -0.2) is 9.37 Å². The first-order chi connectivity index (χ1) is 15.7. The summed E-state index contributed by atoms with van der Waals surface area (Å²) in [6.45, 7) is 7.06. The molecule has 4 heterocycles. The highest BCUT2D eigenvalue weighted by molar-refractivity contribution is 6.03. The first-order valence-electron chi connectivity index (χ1n) is 11.3. The summed E-state index contributed by atoms with van der Waals surface area (Å²) in [5.74, 6) is -0.130. The number of pyridine rings is 1. The Labute approximate surface area is 193 Å². The lowest BCUT2D eigenvalue weighted by atomic mass is 9.78. The maximum Gasteiger partial charge on any atom is 0.236 e. The molecule has 172 valence electrons. The number of rotatable bonds is 3. The third-order valence-corrected chi connectivity index (χ3v) is 6.88. The van der Waals surface area contributed by atoms with Gasteiger partial charge in [-0.1, -0.05) is 19.9 Å². The molecule has 2 aliphatic rings. The van der Waals surface area contributed by atoms with E-state index >= 15 is 0 Å². The molecule has 0 spiro atoms. The Morgan fingerprint density at radius 3 is 2.76 bits per heavy atom. The fourth-order valence-electron chi connectivity index (χ4n) is 5.27. The Balaban J connectivity index is 1.62. The Morgan fingerprint density at radius 2 is 2.03 bits per heavy atom. The lowest BCUT2D eigenvalue weighted by Gasteiger charge is -2.39. The van der Waals surface area contributed by atoms with Crippen molar-refractivity contribution in [3.63, 3.8) is 0 Å². The van der Waals surface area contributed by atoms with Crippen molar-refractivity contribution < 1.29 is 9.18 Å². The number of H-pyrrole nitrogens is 1. The quantitative estimate of drug-likeness (QED) is 0.656. The van der Waals surface area contributed by atoms with Gasteiger partial charge in [-0.15, -0.1) is 0 Å². The number of carbonyl (C=O) groups is 1. The number of hydrogen-bond acceptors (Lipinski definition) is 4. The van der Waals surface area contributed by atoms with Crippen LogP contribution in [0.4, 0.5) is 10.1 Å². The summed E-state index contributed by atoms with van der Waals surface area (Å²) >= 11 is 0. The number of hydrogen-bond donors (Lipinski definition) is 1. The fraction of sp³-hybridized carbons (Fsp3) is 0.385. The van der Waals surface area contributed by atoms with Gasteiger partial charge in [0.25, 0.3) is 0 Å². The minimum absolute atomic E-state index is 0.111. The van der Waals surface area contributed by atoms with Crippen LogP contribution in [0.3, 0.4) is 0 Å². The molecule has 5 rings (SSSR count). The van der Waals surface area contributed by atoms with Gasteiger partial charge in [-0.05, 0) is 35.4 Å². The molecule has 0 radical (unpaired) electrons. The van der Waals surface area contributed by atoms with Gasteiger partial charge in [-0.2, -0.15) is 0 Å². The highest BCUT2D eigenvalue weighted by Crippen LogP contribution is 2.46. The average molecular weight is 448 g/mol. The molecule has 2 aliphatic heterocycles. The Hall–Kier alpha value is -3.19. The highest BCUT2D eigenvalue weighted by atomic mass is 19.1. The predicted molar refractivity (Wildman–Crippen MR) is 130 cm³/mol. The summed E-state index contributed by atoms with van der Waals surface area (Å²) in [7, 11) is 5.64. The van der Waals surface area contributed by atoms with Crippen LogP contribution in [0.1, 0.15) is 25.1 Å². The van der Waals surface area contributed by atoms with Crippen molar-refractivity contribution in [3.05, 3.63) is 53.6 Å². The predicted octanol–water partition coefficient (Wildman–Crippen LogP) is 4.13. The largest absolute Gasteiger partial charge is 0.370 e. The lowest BCUT2D eigenvalue weighted by molar-refractivity contribution is -0.130. The minimum Gasteiger partial charge on any atom is -0.370 e. The number of nitrogens with one attached hydrogen (secondary N) is 1. The second-order valence-electron chi connectivity index (χ2n) is 10.0. The Bertz CT molecular complexity index is 1290. The highest BCUT2D eigenvalue weighted by Gasteiger charge is 2.35. The zero-order valence-corrected chi connectivity index (χ0v) is 19.9. The Morgan fingerprint density at radius 1 is 1.24 bits per heavy atom. The van der Waals surface area contributed by atoms with Crippen LogP contribution in [-0.2, 0) is 11.3 Å². The molecule has 0 saturated carbocycles. The van der Waals surface area contributed by atoms with E-state index in [2.05, 4.69) is 39.7 Å². The average Bonchev–Trinajstić information content (AvgIpc) is 3.04. The van der Waals surface area contributed by atoms with E-state index in [9.17, 15) is 9.18 Å². The lowest BCUT2D eigenvalue weighted by Crippen LogP contribution is -2.44. The summed E-state index contributed by atoms with van der Waals surface area (Å²) in [5.41, 5.74) is 7.08. The SMILES string of the molecule is CN(C)C(=O)CN1CC=C(c2[nH]c3nccc4c3c2CN(C)c2ccc(F)cc2-4)C(C)(C)C1. The van der Waals surface area contributed by atoms with Crippen molar-refractivity contribution in [2.24, 2.45) is 5.41 Å². The summed E-state index contributed by atoms with van der Waals surface area (Å²) in [4.78, 5) is 26.5. The molecule has 0 saturated heterocycles. The van der Waals surface area contributed by atoms with Crippen LogP contribution < -0.4 is 4.90 Å². The molecule has 7 heteroatoms. The fourth-order valence-corrected chi connectivity index (χ4v) is 5.27. The van der Waals surface area contributed by atoms with Crippen molar-refractivity contribution >= 4 is 28.2 Å². The molecular formula is C26H30FN5O. The smallest absolute Gasteiger partial charge is 0.236 e. The molecule has 33 heavy (non-hydrogen) atoms. The van der Waals surface area contributed by atoms with Gasteiger partial charge in [-0.3, -0.25) is 9.69 Å². The van der Waals surface area contributed by atoms with Crippen LogP contribution in [0.2, 0.25) is 0 Å². The minimum atomic E-state index is -0.241. The normalized spacial score (nSPS) is 17.5. The monoisotopic (exact) mass is 447 g/mol. The Kier molecular flexibility index (Phi) is 5.05. The van der Waals surface area contributed by atoms with E-state index in [-0.39, 0.29) is 17.1 Å². The molecule has 1 N–H and O–H groups in total. The van der Waals surface area contributed by atoms with Gasteiger partial charge in [0.05, 0.1) is 6.54 Å². The molecular weight excluding hydrogens is 417 g/mol. The number of halogens is 1.